The van der Waals surface area contributed by atoms with Gasteiger partial charge < -0.3 is 15.2 Å². The van der Waals surface area contributed by atoms with Crippen LogP contribution in [-0.4, -0.2) is 26.0 Å². The fourth-order valence-corrected chi connectivity index (χ4v) is 0.729. The minimum Gasteiger partial charge on any atom is -0.352 e. The minimum absolute atomic E-state index is 0.202. The molecule has 0 aromatic heterocycles. The Kier molecular flexibility index (Phi) is 7.89. The average Bonchev–Trinajstić information content (AvgIpc) is 2.03. The van der Waals surface area contributed by atoms with Crippen LogP contribution >= 0.6 is 0 Å². The summed E-state index contributed by atoms with van der Waals surface area (Å²) in [5.74, 6) is 0. The number of nitrogens with two attached hydrogens (primary N) is 1. The van der Waals surface area contributed by atoms with Gasteiger partial charge in [-0.25, -0.2) is 0 Å². The van der Waals surface area contributed by atoms with Crippen molar-refractivity contribution < 1.29 is 9.47 Å². The van der Waals surface area contributed by atoms with Gasteiger partial charge in [-0.3, -0.25) is 0 Å². The summed E-state index contributed by atoms with van der Waals surface area (Å²) in [4.78, 5) is 0. The lowest BCUT2D eigenvalue weighted by Gasteiger charge is -2.14. The van der Waals surface area contributed by atoms with Crippen molar-refractivity contribution in [2.24, 2.45) is 5.73 Å². The number of unbranched alkanes of at least 4 members (excludes halogenated alkanes) is 1. The fourth-order valence-electron chi connectivity index (χ4n) is 0.729. The van der Waals surface area contributed by atoms with Crippen LogP contribution in [0.1, 0.15) is 26.7 Å². The molecule has 11 heavy (non-hydrogen) atoms. The van der Waals surface area contributed by atoms with E-state index in [0.29, 0.717) is 13.2 Å². The lowest BCUT2D eigenvalue weighted by Crippen LogP contribution is -2.27. The smallest absolute Gasteiger partial charge is 0.169 e. The molecule has 0 aliphatic carbocycles. The molecule has 2 N–H and O–H groups in total. The summed E-state index contributed by atoms with van der Waals surface area (Å²) in [5, 5.41) is 0. The molecule has 0 spiro atoms. The quantitative estimate of drug-likeness (QED) is 0.449. The molecule has 0 heterocycles. The van der Waals surface area contributed by atoms with E-state index < -0.39 is 0 Å². The lowest BCUT2D eigenvalue weighted by molar-refractivity contribution is -0.132. The van der Waals surface area contributed by atoms with E-state index in [1.54, 1.807) is 0 Å². The largest absolute Gasteiger partial charge is 0.352 e. The molecule has 0 amide bonds. The van der Waals surface area contributed by atoms with E-state index in [2.05, 4.69) is 6.92 Å². The molecule has 0 saturated heterocycles. The first-order chi connectivity index (χ1) is 5.35. The summed E-state index contributed by atoms with van der Waals surface area (Å²) in [7, 11) is 0. The molecule has 0 aromatic rings. The van der Waals surface area contributed by atoms with Crippen LogP contribution in [-0.2, 0) is 9.47 Å². The zero-order valence-electron chi connectivity index (χ0n) is 7.51. The summed E-state index contributed by atoms with van der Waals surface area (Å²) < 4.78 is 10.5. The standard InChI is InChI=1S/C8H19NO2/c1-3-5-6-11-8(7-9)10-4-2/h8H,3-7,9H2,1-2H3. The Labute approximate surface area is 68.9 Å². The van der Waals surface area contributed by atoms with Crippen molar-refractivity contribution in [1.29, 1.82) is 0 Å². The Morgan fingerprint density at radius 1 is 1.27 bits per heavy atom. The number of ether oxygens (including phenoxy) is 2. The van der Waals surface area contributed by atoms with Gasteiger partial charge in [0, 0.05) is 19.8 Å². The van der Waals surface area contributed by atoms with Gasteiger partial charge in [0.15, 0.2) is 6.29 Å². The Balaban J connectivity index is 3.20. The van der Waals surface area contributed by atoms with E-state index in [-0.39, 0.29) is 6.29 Å². The van der Waals surface area contributed by atoms with Crippen LogP contribution in [0.2, 0.25) is 0 Å². The first kappa shape index (κ1) is 10.9. The topological polar surface area (TPSA) is 44.5 Å². The number of hydrogen-bond donors (Lipinski definition) is 1. The molecule has 68 valence electrons. The van der Waals surface area contributed by atoms with Crippen molar-refractivity contribution >= 4 is 0 Å². The van der Waals surface area contributed by atoms with Crippen LogP contribution in [0, 0.1) is 0 Å². The van der Waals surface area contributed by atoms with Gasteiger partial charge in [0.1, 0.15) is 0 Å². The van der Waals surface area contributed by atoms with Crippen LogP contribution < -0.4 is 5.73 Å². The van der Waals surface area contributed by atoms with Crippen molar-refractivity contribution in [1.82, 2.24) is 0 Å². The Morgan fingerprint density at radius 3 is 2.45 bits per heavy atom. The van der Waals surface area contributed by atoms with Gasteiger partial charge in [0.25, 0.3) is 0 Å². The van der Waals surface area contributed by atoms with Crippen molar-refractivity contribution in [2.45, 2.75) is 33.0 Å². The zero-order chi connectivity index (χ0) is 8.53. The van der Waals surface area contributed by atoms with Crippen LogP contribution in [0.15, 0.2) is 0 Å². The van der Waals surface area contributed by atoms with E-state index in [1.807, 2.05) is 6.92 Å². The second-order valence-electron chi connectivity index (χ2n) is 2.34. The maximum absolute atomic E-state index is 5.39. The van der Waals surface area contributed by atoms with Crippen molar-refractivity contribution in [3.8, 4) is 0 Å². The van der Waals surface area contributed by atoms with Crippen molar-refractivity contribution in [3.63, 3.8) is 0 Å². The second-order valence-corrected chi connectivity index (χ2v) is 2.34. The Morgan fingerprint density at radius 2 is 2.00 bits per heavy atom. The highest BCUT2D eigenvalue weighted by Crippen LogP contribution is 1.95. The molecule has 0 aliphatic rings. The molecule has 3 heteroatoms. The summed E-state index contributed by atoms with van der Waals surface area (Å²) in [6.45, 7) is 5.91. The molecule has 1 atom stereocenters. The van der Waals surface area contributed by atoms with Gasteiger partial charge in [-0.15, -0.1) is 0 Å². The van der Waals surface area contributed by atoms with Crippen molar-refractivity contribution in [3.05, 3.63) is 0 Å². The van der Waals surface area contributed by atoms with E-state index in [9.17, 15) is 0 Å². The SMILES string of the molecule is CCCCOC(CN)OCC. The molecule has 0 aromatic carbocycles. The molecule has 0 aliphatic heterocycles. The van der Waals surface area contributed by atoms with E-state index in [0.717, 1.165) is 19.4 Å². The minimum atomic E-state index is -0.202. The molecule has 0 rings (SSSR count). The van der Waals surface area contributed by atoms with Gasteiger partial charge >= 0.3 is 0 Å². The maximum Gasteiger partial charge on any atom is 0.169 e. The molecule has 1 unspecified atom stereocenters. The second kappa shape index (κ2) is 7.98. The number of hydrogen-bond acceptors (Lipinski definition) is 3. The predicted molar refractivity (Wildman–Crippen MR) is 45.3 cm³/mol. The van der Waals surface area contributed by atoms with Crippen molar-refractivity contribution in [2.75, 3.05) is 19.8 Å². The third kappa shape index (κ3) is 6.28. The molecule has 0 radical (unpaired) electrons. The molecule has 0 fully saturated rings. The lowest BCUT2D eigenvalue weighted by atomic mass is 10.4. The van der Waals surface area contributed by atoms with Gasteiger partial charge in [-0.1, -0.05) is 13.3 Å². The monoisotopic (exact) mass is 161 g/mol. The molecular formula is C8H19NO2. The molecule has 0 bridgehead atoms. The number of rotatable bonds is 7. The predicted octanol–water partition coefficient (Wildman–Crippen LogP) is 1.12. The van der Waals surface area contributed by atoms with Crippen LogP contribution in [0.4, 0.5) is 0 Å². The normalized spacial score (nSPS) is 13.4. The third-order valence-electron chi connectivity index (χ3n) is 1.35. The van der Waals surface area contributed by atoms with Crippen LogP contribution in [0.3, 0.4) is 0 Å². The van der Waals surface area contributed by atoms with E-state index in [4.69, 9.17) is 15.2 Å². The molecule has 0 saturated carbocycles. The Bertz CT molecular complexity index is 78.5. The summed E-state index contributed by atoms with van der Waals surface area (Å²) in [5.41, 5.74) is 5.39. The zero-order valence-corrected chi connectivity index (χ0v) is 7.51. The summed E-state index contributed by atoms with van der Waals surface area (Å²) in [6.07, 6.45) is 2.01. The summed E-state index contributed by atoms with van der Waals surface area (Å²) >= 11 is 0. The van der Waals surface area contributed by atoms with Gasteiger partial charge in [-0.05, 0) is 13.3 Å². The summed E-state index contributed by atoms with van der Waals surface area (Å²) in [6, 6.07) is 0. The maximum atomic E-state index is 5.39. The fraction of sp³-hybridized carbons (Fsp3) is 1.00. The Hall–Kier alpha value is -0.120. The highest BCUT2D eigenvalue weighted by Gasteiger charge is 2.03. The van der Waals surface area contributed by atoms with E-state index in [1.165, 1.54) is 0 Å². The highest BCUT2D eigenvalue weighted by atomic mass is 16.7. The third-order valence-corrected chi connectivity index (χ3v) is 1.35. The van der Waals surface area contributed by atoms with E-state index >= 15 is 0 Å². The van der Waals surface area contributed by atoms with Gasteiger partial charge in [0.2, 0.25) is 0 Å². The molecule has 3 nitrogen and oxygen atoms in total. The van der Waals surface area contributed by atoms with Gasteiger partial charge in [0.05, 0.1) is 0 Å². The van der Waals surface area contributed by atoms with Crippen LogP contribution in [0.5, 0.6) is 0 Å². The highest BCUT2D eigenvalue weighted by molar-refractivity contribution is 4.43. The molecular weight excluding hydrogens is 142 g/mol. The van der Waals surface area contributed by atoms with Gasteiger partial charge in [-0.2, -0.15) is 0 Å². The first-order valence-corrected chi connectivity index (χ1v) is 4.28. The van der Waals surface area contributed by atoms with Crippen LogP contribution in [0.25, 0.3) is 0 Å². The first-order valence-electron chi connectivity index (χ1n) is 4.28. The average molecular weight is 161 g/mol.